The lowest BCUT2D eigenvalue weighted by Gasteiger charge is -2.15. The monoisotopic (exact) mass is 252 g/mol. The molecule has 3 heteroatoms. The standard InChI is InChI=1S/C15H25NO2/c1-4-16(5-2)11-8-12-18-15-10-7-9-14(13-15)17-6-3/h7,9-10,13H,4-6,8,11-12H2,1-3H3/p+1. The van der Waals surface area contributed by atoms with Crippen LogP contribution in [0.3, 0.4) is 0 Å². The highest BCUT2D eigenvalue weighted by atomic mass is 16.5. The first-order valence-corrected chi connectivity index (χ1v) is 6.99. The van der Waals surface area contributed by atoms with Gasteiger partial charge in [-0.3, -0.25) is 0 Å². The molecule has 1 rings (SSSR count). The molecule has 1 N–H and O–H groups in total. The summed E-state index contributed by atoms with van der Waals surface area (Å²) in [5.41, 5.74) is 0. The number of quaternary nitrogens is 1. The molecule has 0 saturated heterocycles. The van der Waals surface area contributed by atoms with E-state index in [0.29, 0.717) is 6.61 Å². The third kappa shape index (κ3) is 5.41. The highest BCUT2D eigenvalue weighted by molar-refractivity contribution is 5.32. The van der Waals surface area contributed by atoms with Gasteiger partial charge in [0.1, 0.15) is 11.5 Å². The minimum Gasteiger partial charge on any atom is -0.494 e. The van der Waals surface area contributed by atoms with Gasteiger partial charge in [0.15, 0.2) is 0 Å². The van der Waals surface area contributed by atoms with Gasteiger partial charge in [0.25, 0.3) is 0 Å². The number of rotatable bonds is 9. The number of nitrogens with one attached hydrogen (secondary N) is 1. The van der Waals surface area contributed by atoms with Crippen molar-refractivity contribution in [3.8, 4) is 11.5 Å². The van der Waals surface area contributed by atoms with Gasteiger partial charge < -0.3 is 14.4 Å². The van der Waals surface area contributed by atoms with Crippen LogP contribution >= 0.6 is 0 Å². The molecule has 0 heterocycles. The van der Waals surface area contributed by atoms with Gasteiger partial charge in [0.2, 0.25) is 0 Å². The van der Waals surface area contributed by atoms with E-state index in [2.05, 4.69) is 13.8 Å². The van der Waals surface area contributed by atoms with E-state index >= 15 is 0 Å². The molecule has 1 aromatic rings. The molecule has 0 fully saturated rings. The molecule has 0 aromatic heterocycles. The first-order chi connectivity index (χ1) is 8.80. The van der Waals surface area contributed by atoms with Crippen LogP contribution in [0.25, 0.3) is 0 Å². The Morgan fingerprint density at radius 2 is 1.67 bits per heavy atom. The molecular formula is C15H26NO2+. The zero-order valence-corrected chi connectivity index (χ0v) is 11.9. The van der Waals surface area contributed by atoms with Crippen LogP contribution in [-0.2, 0) is 0 Å². The second kappa shape index (κ2) is 8.81. The van der Waals surface area contributed by atoms with Crippen molar-refractivity contribution in [2.75, 3.05) is 32.8 Å². The number of hydrogen-bond donors (Lipinski definition) is 1. The van der Waals surface area contributed by atoms with Crippen LogP contribution in [-0.4, -0.2) is 32.8 Å². The van der Waals surface area contributed by atoms with E-state index < -0.39 is 0 Å². The highest BCUT2D eigenvalue weighted by Crippen LogP contribution is 2.19. The van der Waals surface area contributed by atoms with Gasteiger partial charge in [0, 0.05) is 12.5 Å². The molecule has 0 bridgehead atoms. The third-order valence-electron chi connectivity index (χ3n) is 3.06. The maximum atomic E-state index is 5.74. The van der Waals surface area contributed by atoms with Crippen molar-refractivity contribution in [2.45, 2.75) is 27.2 Å². The van der Waals surface area contributed by atoms with Crippen LogP contribution < -0.4 is 14.4 Å². The van der Waals surface area contributed by atoms with Gasteiger partial charge >= 0.3 is 0 Å². The topological polar surface area (TPSA) is 22.9 Å². The molecule has 0 saturated carbocycles. The molecule has 18 heavy (non-hydrogen) atoms. The normalized spacial score (nSPS) is 10.7. The van der Waals surface area contributed by atoms with Crippen molar-refractivity contribution in [1.29, 1.82) is 0 Å². The lowest BCUT2D eigenvalue weighted by molar-refractivity contribution is -0.896. The van der Waals surface area contributed by atoms with Crippen molar-refractivity contribution in [3.05, 3.63) is 24.3 Å². The predicted octanol–water partition coefficient (Wildman–Crippen LogP) is 1.78. The molecule has 0 amide bonds. The van der Waals surface area contributed by atoms with E-state index in [0.717, 1.165) is 24.5 Å². The fourth-order valence-corrected chi connectivity index (χ4v) is 1.94. The largest absolute Gasteiger partial charge is 0.494 e. The molecule has 102 valence electrons. The first kappa shape index (κ1) is 14.8. The first-order valence-electron chi connectivity index (χ1n) is 6.99. The van der Waals surface area contributed by atoms with Crippen molar-refractivity contribution < 1.29 is 14.4 Å². The lowest BCUT2D eigenvalue weighted by Crippen LogP contribution is -3.11. The Balaban J connectivity index is 2.28. The smallest absolute Gasteiger partial charge is 0.122 e. The molecule has 1 aromatic carbocycles. The van der Waals surface area contributed by atoms with Crippen LogP contribution in [0.15, 0.2) is 24.3 Å². The van der Waals surface area contributed by atoms with Crippen LogP contribution in [0, 0.1) is 0 Å². The Hall–Kier alpha value is -1.22. The van der Waals surface area contributed by atoms with Crippen molar-refractivity contribution in [1.82, 2.24) is 0 Å². The predicted molar refractivity (Wildman–Crippen MR) is 74.6 cm³/mol. The molecule has 0 aliphatic heterocycles. The average molecular weight is 252 g/mol. The summed E-state index contributed by atoms with van der Waals surface area (Å²) in [6.07, 6.45) is 1.09. The maximum Gasteiger partial charge on any atom is 0.122 e. The number of hydrogen-bond acceptors (Lipinski definition) is 2. The van der Waals surface area contributed by atoms with Gasteiger partial charge in [-0.05, 0) is 32.9 Å². The second-order valence-electron chi connectivity index (χ2n) is 4.32. The molecule has 0 aliphatic carbocycles. The summed E-state index contributed by atoms with van der Waals surface area (Å²) >= 11 is 0. The zero-order chi connectivity index (χ0) is 13.2. The zero-order valence-electron chi connectivity index (χ0n) is 11.9. The van der Waals surface area contributed by atoms with Gasteiger partial charge in [-0.2, -0.15) is 0 Å². The number of benzene rings is 1. The van der Waals surface area contributed by atoms with E-state index in [1.807, 2.05) is 31.2 Å². The Bertz CT molecular complexity index is 324. The third-order valence-corrected chi connectivity index (χ3v) is 3.06. The van der Waals surface area contributed by atoms with Crippen molar-refractivity contribution in [3.63, 3.8) is 0 Å². The van der Waals surface area contributed by atoms with Crippen LogP contribution in [0.2, 0.25) is 0 Å². The molecule has 0 spiro atoms. The molecular weight excluding hydrogens is 226 g/mol. The van der Waals surface area contributed by atoms with Gasteiger partial charge in [-0.1, -0.05) is 6.07 Å². The van der Waals surface area contributed by atoms with E-state index in [4.69, 9.17) is 9.47 Å². The Labute approximate surface area is 111 Å². The van der Waals surface area contributed by atoms with Gasteiger partial charge in [-0.15, -0.1) is 0 Å². The quantitative estimate of drug-likeness (QED) is 0.677. The van der Waals surface area contributed by atoms with E-state index in [9.17, 15) is 0 Å². The minimum absolute atomic E-state index is 0.689. The van der Waals surface area contributed by atoms with Crippen LogP contribution in [0.1, 0.15) is 27.2 Å². The Morgan fingerprint density at radius 1 is 1.00 bits per heavy atom. The fraction of sp³-hybridized carbons (Fsp3) is 0.600. The molecule has 0 aliphatic rings. The SMILES string of the molecule is CCOc1cccc(OCCC[NH+](CC)CC)c1. The summed E-state index contributed by atoms with van der Waals surface area (Å²) in [6.45, 7) is 11.5. The van der Waals surface area contributed by atoms with Crippen molar-refractivity contribution in [2.24, 2.45) is 0 Å². The number of ether oxygens (including phenoxy) is 2. The lowest BCUT2D eigenvalue weighted by atomic mass is 10.3. The second-order valence-corrected chi connectivity index (χ2v) is 4.32. The summed E-state index contributed by atoms with van der Waals surface area (Å²) in [6, 6.07) is 7.85. The van der Waals surface area contributed by atoms with E-state index in [1.165, 1.54) is 19.6 Å². The molecule has 3 nitrogen and oxygen atoms in total. The highest BCUT2D eigenvalue weighted by Gasteiger charge is 2.02. The van der Waals surface area contributed by atoms with E-state index in [1.54, 1.807) is 4.90 Å². The van der Waals surface area contributed by atoms with Gasteiger partial charge in [-0.25, -0.2) is 0 Å². The Morgan fingerprint density at radius 3 is 2.28 bits per heavy atom. The summed E-state index contributed by atoms with van der Waals surface area (Å²) in [4.78, 5) is 1.63. The summed E-state index contributed by atoms with van der Waals surface area (Å²) in [5, 5.41) is 0. The molecule has 0 unspecified atom stereocenters. The maximum absolute atomic E-state index is 5.74. The van der Waals surface area contributed by atoms with E-state index in [-0.39, 0.29) is 0 Å². The van der Waals surface area contributed by atoms with Crippen LogP contribution in [0.4, 0.5) is 0 Å². The molecule has 0 atom stereocenters. The molecule has 0 radical (unpaired) electrons. The summed E-state index contributed by atoms with van der Waals surface area (Å²) in [5.74, 6) is 1.78. The summed E-state index contributed by atoms with van der Waals surface area (Å²) < 4.78 is 11.2. The fourth-order valence-electron chi connectivity index (χ4n) is 1.94. The van der Waals surface area contributed by atoms with Crippen LogP contribution in [0.5, 0.6) is 11.5 Å². The summed E-state index contributed by atoms with van der Waals surface area (Å²) in [7, 11) is 0. The average Bonchev–Trinajstić information content (AvgIpc) is 2.40. The minimum atomic E-state index is 0.689. The van der Waals surface area contributed by atoms with Gasteiger partial charge in [0.05, 0.1) is 32.8 Å². The Kier molecular flexibility index (Phi) is 7.26. The van der Waals surface area contributed by atoms with Crippen molar-refractivity contribution >= 4 is 0 Å².